The predicted molar refractivity (Wildman–Crippen MR) is 75.6 cm³/mol. The van der Waals surface area contributed by atoms with Gasteiger partial charge in [-0.15, -0.1) is 0 Å². The van der Waals surface area contributed by atoms with Gasteiger partial charge in [0.2, 0.25) is 0 Å². The van der Waals surface area contributed by atoms with Gasteiger partial charge < -0.3 is 19.9 Å². The summed E-state index contributed by atoms with van der Waals surface area (Å²) in [5, 5.41) is 0. The number of ether oxygens (including phenoxy) is 3. The second kappa shape index (κ2) is 7.58. The zero-order chi connectivity index (χ0) is 14.3. The van der Waals surface area contributed by atoms with Crippen LogP contribution in [0.1, 0.15) is 12.0 Å². The number of thiocarbonyl (C=S) groups is 1. The van der Waals surface area contributed by atoms with E-state index >= 15 is 0 Å². The van der Waals surface area contributed by atoms with Gasteiger partial charge in [-0.25, -0.2) is 4.79 Å². The van der Waals surface area contributed by atoms with Crippen molar-refractivity contribution in [1.29, 1.82) is 0 Å². The second-order valence-electron chi connectivity index (χ2n) is 3.86. The molecular weight excluding hydrogens is 266 g/mol. The number of esters is 1. The van der Waals surface area contributed by atoms with Crippen LogP contribution in [-0.4, -0.2) is 31.3 Å². The summed E-state index contributed by atoms with van der Waals surface area (Å²) in [4.78, 5) is 11.4. The Hall–Kier alpha value is -1.82. The summed E-state index contributed by atoms with van der Waals surface area (Å²) < 4.78 is 15.3. The predicted octanol–water partition coefficient (Wildman–Crippen LogP) is 1.60. The maximum atomic E-state index is 11.0. The molecule has 5 nitrogen and oxygen atoms in total. The standard InChI is InChI=1S/C13H17NO4S/c1-9-7-10(17-6-5-12(14)19)3-4-11(9)18-8-13(15)16-2/h3-4,7H,5-6,8H2,1-2H3,(H2,14,19). The molecule has 104 valence electrons. The minimum absolute atomic E-state index is 0.112. The molecule has 0 atom stereocenters. The normalized spacial score (nSPS) is 9.79. The molecule has 1 rings (SSSR count). The molecule has 0 amide bonds. The summed E-state index contributed by atoms with van der Waals surface area (Å²) in [5.74, 6) is 0.905. The first-order valence-corrected chi connectivity index (χ1v) is 6.15. The minimum Gasteiger partial charge on any atom is -0.493 e. The molecule has 0 radical (unpaired) electrons. The van der Waals surface area contributed by atoms with E-state index in [-0.39, 0.29) is 6.61 Å². The molecule has 0 aliphatic carbocycles. The number of nitrogens with two attached hydrogens (primary N) is 1. The van der Waals surface area contributed by atoms with Gasteiger partial charge in [0.25, 0.3) is 0 Å². The highest BCUT2D eigenvalue weighted by atomic mass is 32.1. The first kappa shape index (κ1) is 15.2. The van der Waals surface area contributed by atoms with Crippen molar-refractivity contribution in [2.75, 3.05) is 20.3 Å². The van der Waals surface area contributed by atoms with Crippen molar-refractivity contribution in [2.45, 2.75) is 13.3 Å². The van der Waals surface area contributed by atoms with Crippen molar-refractivity contribution in [2.24, 2.45) is 5.73 Å². The number of rotatable bonds is 7. The highest BCUT2D eigenvalue weighted by Crippen LogP contribution is 2.23. The number of carbonyl (C=O) groups excluding carboxylic acids is 1. The van der Waals surface area contributed by atoms with Crippen molar-refractivity contribution in [3.63, 3.8) is 0 Å². The fraction of sp³-hybridized carbons (Fsp3) is 0.385. The molecule has 0 bridgehead atoms. The summed E-state index contributed by atoms with van der Waals surface area (Å²) in [7, 11) is 1.32. The monoisotopic (exact) mass is 283 g/mol. The molecule has 0 saturated heterocycles. The van der Waals surface area contributed by atoms with Crippen molar-refractivity contribution in [3.8, 4) is 11.5 Å². The molecule has 6 heteroatoms. The number of carbonyl (C=O) groups is 1. The molecule has 1 aromatic carbocycles. The van der Waals surface area contributed by atoms with Crippen LogP contribution in [0, 0.1) is 6.92 Å². The fourth-order valence-corrected chi connectivity index (χ4v) is 1.42. The van der Waals surface area contributed by atoms with Crippen molar-refractivity contribution in [3.05, 3.63) is 23.8 Å². The van der Waals surface area contributed by atoms with Gasteiger partial charge in [-0.2, -0.15) is 0 Å². The van der Waals surface area contributed by atoms with E-state index in [4.69, 9.17) is 27.4 Å². The van der Waals surface area contributed by atoms with Crippen LogP contribution < -0.4 is 15.2 Å². The van der Waals surface area contributed by atoms with Gasteiger partial charge in [0.1, 0.15) is 11.5 Å². The molecule has 0 unspecified atom stereocenters. The van der Waals surface area contributed by atoms with E-state index in [1.165, 1.54) is 7.11 Å². The smallest absolute Gasteiger partial charge is 0.343 e. The largest absolute Gasteiger partial charge is 0.493 e. The van der Waals surface area contributed by atoms with Gasteiger partial charge in [-0.05, 0) is 30.7 Å². The Kier molecular flexibility index (Phi) is 6.08. The highest BCUT2D eigenvalue weighted by Gasteiger charge is 2.05. The average Bonchev–Trinajstić information content (AvgIpc) is 2.37. The molecule has 0 aromatic heterocycles. The van der Waals surface area contributed by atoms with Crippen LogP contribution in [0.3, 0.4) is 0 Å². The highest BCUT2D eigenvalue weighted by molar-refractivity contribution is 7.80. The summed E-state index contributed by atoms with van der Waals surface area (Å²) in [5.41, 5.74) is 6.25. The van der Waals surface area contributed by atoms with E-state index in [2.05, 4.69) is 4.74 Å². The quantitative estimate of drug-likeness (QED) is 0.605. The van der Waals surface area contributed by atoms with Crippen LogP contribution >= 0.6 is 12.2 Å². The van der Waals surface area contributed by atoms with E-state index in [1.807, 2.05) is 13.0 Å². The third-order valence-corrected chi connectivity index (χ3v) is 2.54. The minimum atomic E-state index is -0.420. The van der Waals surface area contributed by atoms with E-state index in [9.17, 15) is 4.79 Å². The second-order valence-corrected chi connectivity index (χ2v) is 4.38. The summed E-state index contributed by atoms with van der Waals surface area (Å²) in [6.45, 7) is 2.20. The van der Waals surface area contributed by atoms with Crippen LogP contribution in [0.25, 0.3) is 0 Å². The van der Waals surface area contributed by atoms with Gasteiger partial charge in [0.15, 0.2) is 6.61 Å². The Labute approximate surface area is 117 Å². The van der Waals surface area contributed by atoms with Crippen molar-refractivity contribution >= 4 is 23.2 Å². The van der Waals surface area contributed by atoms with Crippen LogP contribution in [0.2, 0.25) is 0 Å². The summed E-state index contributed by atoms with van der Waals surface area (Å²) in [6.07, 6.45) is 0.537. The Balaban J connectivity index is 2.54. The fourth-order valence-electron chi connectivity index (χ4n) is 1.34. The number of benzene rings is 1. The lowest BCUT2D eigenvalue weighted by molar-refractivity contribution is -0.142. The number of hydrogen-bond acceptors (Lipinski definition) is 5. The van der Waals surface area contributed by atoms with Crippen LogP contribution in [-0.2, 0) is 9.53 Å². The third-order valence-electron chi connectivity index (χ3n) is 2.34. The molecule has 1 aromatic rings. The lowest BCUT2D eigenvalue weighted by atomic mass is 10.2. The van der Waals surface area contributed by atoms with E-state index in [0.29, 0.717) is 29.5 Å². The van der Waals surface area contributed by atoms with Gasteiger partial charge in [0, 0.05) is 6.42 Å². The molecule has 2 N–H and O–H groups in total. The molecule has 0 aliphatic rings. The van der Waals surface area contributed by atoms with E-state index in [1.54, 1.807) is 12.1 Å². The van der Waals surface area contributed by atoms with Gasteiger partial charge in [-0.3, -0.25) is 0 Å². The Morgan fingerprint density at radius 1 is 1.37 bits per heavy atom. The summed E-state index contributed by atoms with van der Waals surface area (Å²) >= 11 is 4.76. The van der Waals surface area contributed by atoms with Crippen molar-refractivity contribution < 1.29 is 19.0 Å². The van der Waals surface area contributed by atoms with Crippen LogP contribution in [0.4, 0.5) is 0 Å². The number of methoxy groups -OCH3 is 1. The molecule has 0 spiro atoms. The topological polar surface area (TPSA) is 70.8 Å². The summed E-state index contributed by atoms with van der Waals surface area (Å²) in [6, 6.07) is 5.33. The zero-order valence-corrected chi connectivity index (χ0v) is 11.8. The van der Waals surface area contributed by atoms with E-state index in [0.717, 1.165) is 5.56 Å². The third kappa shape index (κ3) is 5.56. The molecule has 19 heavy (non-hydrogen) atoms. The number of hydrogen-bond donors (Lipinski definition) is 1. The zero-order valence-electron chi connectivity index (χ0n) is 11.0. The van der Waals surface area contributed by atoms with Crippen LogP contribution in [0.5, 0.6) is 11.5 Å². The first-order valence-electron chi connectivity index (χ1n) is 5.74. The maximum absolute atomic E-state index is 11.0. The molecular formula is C13H17NO4S. The van der Waals surface area contributed by atoms with E-state index < -0.39 is 5.97 Å². The number of aryl methyl sites for hydroxylation is 1. The van der Waals surface area contributed by atoms with Crippen molar-refractivity contribution in [1.82, 2.24) is 0 Å². The van der Waals surface area contributed by atoms with Gasteiger partial charge in [0.05, 0.1) is 18.7 Å². The maximum Gasteiger partial charge on any atom is 0.343 e. The molecule has 0 fully saturated rings. The molecule has 0 aliphatic heterocycles. The Bertz CT molecular complexity index is 462. The molecule has 0 saturated carbocycles. The average molecular weight is 283 g/mol. The first-order chi connectivity index (χ1) is 9.02. The SMILES string of the molecule is COC(=O)COc1ccc(OCCC(N)=S)cc1C. The van der Waals surface area contributed by atoms with Gasteiger partial charge >= 0.3 is 5.97 Å². The lowest BCUT2D eigenvalue weighted by Crippen LogP contribution is -2.13. The van der Waals surface area contributed by atoms with Crippen LogP contribution in [0.15, 0.2) is 18.2 Å². The lowest BCUT2D eigenvalue weighted by Gasteiger charge is -2.10. The Morgan fingerprint density at radius 2 is 2.11 bits per heavy atom. The molecule has 0 heterocycles. The Morgan fingerprint density at radius 3 is 2.68 bits per heavy atom. The van der Waals surface area contributed by atoms with Gasteiger partial charge in [-0.1, -0.05) is 12.2 Å².